The van der Waals surface area contributed by atoms with Crippen LogP contribution in [-0.4, -0.2) is 5.97 Å². The Morgan fingerprint density at radius 3 is 2.03 bits per heavy atom. The molecule has 0 N–H and O–H groups in total. The molecule has 2 nitrogen and oxygen atoms in total. The van der Waals surface area contributed by atoms with Crippen LogP contribution in [0.15, 0.2) is 30.3 Å². The summed E-state index contributed by atoms with van der Waals surface area (Å²) >= 11 is 12.1. The van der Waals surface area contributed by atoms with E-state index in [2.05, 4.69) is 0 Å². The first-order valence-corrected chi connectivity index (χ1v) is 9.52. The van der Waals surface area contributed by atoms with Gasteiger partial charge >= 0.3 is 5.97 Å². The molecule has 0 amide bonds. The van der Waals surface area contributed by atoms with Crippen molar-refractivity contribution in [2.45, 2.75) is 20.5 Å². The number of carbonyl (C=O) groups is 1. The highest BCUT2D eigenvalue weighted by Gasteiger charge is 2.61. The molecular formula is C21H15Cl2F5O2. The topological polar surface area (TPSA) is 26.3 Å². The molecule has 1 aliphatic rings. The van der Waals surface area contributed by atoms with Gasteiger partial charge in [0.25, 0.3) is 0 Å². The van der Waals surface area contributed by atoms with Crippen molar-refractivity contribution in [2.24, 2.45) is 17.3 Å². The van der Waals surface area contributed by atoms with E-state index in [0.29, 0.717) is 15.6 Å². The lowest BCUT2D eigenvalue weighted by atomic mass is 10.1. The second-order valence-corrected chi connectivity index (χ2v) is 8.35. The average molecular weight is 465 g/mol. The van der Waals surface area contributed by atoms with Crippen molar-refractivity contribution in [3.63, 3.8) is 0 Å². The highest BCUT2D eigenvalue weighted by molar-refractivity contribution is 6.48. The zero-order valence-electron chi connectivity index (χ0n) is 15.7. The van der Waals surface area contributed by atoms with Crippen LogP contribution in [0.1, 0.15) is 25.0 Å². The number of ether oxygens (including phenoxy) is 1. The van der Waals surface area contributed by atoms with E-state index in [1.807, 2.05) is 0 Å². The number of hydrogen-bond donors (Lipinski definition) is 0. The molecule has 0 saturated heterocycles. The summed E-state index contributed by atoms with van der Waals surface area (Å²) in [7, 11) is 0. The fourth-order valence-corrected chi connectivity index (χ4v) is 3.70. The lowest BCUT2D eigenvalue weighted by molar-refractivity contribution is -0.147. The van der Waals surface area contributed by atoms with Crippen molar-refractivity contribution in [1.82, 2.24) is 0 Å². The molecule has 9 heteroatoms. The number of halogens is 7. The first kappa shape index (κ1) is 22.6. The van der Waals surface area contributed by atoms with Gasteiger partial charge in [-0.25, -0.2) is 22.0 Å². The zero-order chi connectivity index (χ0) is 22.4. The molecular weight excluding hydrogens is 450 g/mol. The van der Waals surface area contributed by atoms with Crippen LogP contribution in [0.5, 0.6) is 0 Å². The van der Waals surface area contributed by atoms with E-state index in [9.17, 15) is 26.7 Å². The molecule has 0 aromatic heterocycles. The molecule has 1 saturated carbocycles. The zero-order valence-corrected chi connectivity index (χ0v) is 17.2. The lowest BCUT2D eigenvalue weighted by Gasteiger charge is -2.09. The average Bonchev–Trinajstić information content (AvgIpc) is 3.24. The molecule has 2 atom stereocenters. The van der Waals surface area contributed by atoms with Crippen LogP contribution in [0.25, 0.3) is 5.03 Å². The quantitative estimate of drug-likeness (QED) is 0.215. The van der Waals surface area contributed by atoms with Crippen molar-refractivity contribution in [2.75, 3.05) is 0 Å². The van der Waals surface area contributed by atoms with E-state index in [1.165, 1.54) is 0 Å². The Morgan fingerprint density at radius 2 is 1.50 bits per heavy atom. The molecule has 0 radical (unpaired) electrons. The fraction of sp³-hybridized carbons (Fsp3) is 0.286. The highest BCUT2D eigenvalue weighted by atomic mass is 35.5. The van der Waals surface area contributed by atoms with E-state index < -0.39 is 58.6 Å². The van der Waals surface area contributed by atoms with Crippen molar-refractivity contribution < 1.29 is 31.5 Å². The summed E-state index contributed by atoms with van der Waals surface area (Å²) in [5, 5.41) is 0.907. The molecule has 1 fully saturated rings. The van der Waals surface area contributed by atoms with Gasteiger partial charge in [0.05, 0.1) is 11.5 Å². The number of esters is 1. The van der Waals surface area contributed by atoms with Gasteiger partial charge < -0.3 is 4.74 Å². The summed E-state index contributed by atoms with van der Waals surface area (Å²) in [5.74, 6) is -12.4. The Labute approximate surface area is 179 Å². The van der Waals surface area contributed by atoms with Gasteiger partial charge in [-0.2, -0.15) is 0 Å². The van der Waals surface area contributed by atoms with Gasteiger partial charge in [-0.15, -0.1) is 0 Å². The molecule has 1 aliphatic carbocycles. The summed E-state index contributed by atoms with van der Waals surface area (Å²) in [6, 6.07) is 6.71. The van der Waals surface area contributed by atoms with Crippen LogP contribution in [0.3, 0.4) is 0 Å². The maximum atomic E-state index is 13.7. The summed E-state index contributed by atoms with van der Waals surface area (Å²) in [6.07, 6.45) is 1.66. The first-order chi connectivity index (χ1) is 14.0. The summed E-state index contributed by atoms with van der Waals surface area (Å²) in [5.41, 5.74) is -1.10. The van der Waals surface area contributed by atoms with E-state index in [0.717, 1.165) is 0 Å². The van der Waals surface area contributed by atoms with Crippen molar-refractivity contribution >= 4 is 34.2 Å². The Balaban J connectivity index is 1.74. The van der Waals surface area contributed by atoms with Crippen LogP contribution in [0.2, 0.25) is 5.02 Å². The van der Waals surface area contributed by atoms with Crippen LogP contribution >= 0.6 is 23.2 Å². The van der Waals surface area contributed by atoms with Crippen LogP contribution < -0.4 is 0 Å². The molecule has 2 unspecified atom stereocenters. The molecule has 30 heavy (non-hydrogen) atoms. The maximum absolute atomic E-state index is 13.7. The number of hydrogen-bond acceptors (Lipinski definition) is 2. The van der Waals surface area contributed by atoms with Crippen molar-refractivity contribution in [1.29, 1.82) is 0 Å². The standard InChI is InChI=1S/C21H15Cl2F5O2/c1-21(2)12(7-13(23)9-3-5-10(22)6-4-9)14(21)20(29)30-8-11-15(24)17(26)19(28)18(27)16(11)25/h3-7,12,14H,8H2,1-2H3. The molecule has 0 aliphatic heterocycles. The van der Waals surface area contributed by atoms with E-state index in [-0.39, 0.29) is 5.92 Å². The van der Waals surface area contributed by atoms with Gasteiger partial charge in [-0.1, -0.05) is 55.3 Å². The number of benzene rings is 2. The summed E-state index contributed by atoms with van der Waals surface area (Å²) < 4.78 is 72.0. The highest BCUT2D eigenvalue weighted by Crippen LogP contribution is 2.60. The largest absolute Gasteiger partial charge is 0.460 e. The minimum absolute atomic E-state index is 0.343. The van der Waals surface area contributed by atoms with E-state index in [1.54, 1.807) is 44.2 Å². The molecule has 3 rings (SSSR count). The smallest absolute Gasteiger partial charge is 0.310 e. The minimum Gasteiger partial charge on any atom is -0.460 e. The summed E-state index contributed by atoms with van der Waals surface area (Å²) in [4.78, 5) is 12.4. The summed E-state index contributed by atoms with van der Waals surface area (Å²) in [6.45, 7) is 2.45. The van der Waals surface area contributed by atoms with Crippen LogP contribution in [0, 0.1) is 46.3 Å². The normalized spacial score (nSPS) is 20.2. The Hall–Kier alpha value is -2.12. The Morgan fingerprint density at radius 1 is 1.00 bits per heavy atom. The molecule has 160 valence electrons. The van der Waals surface area contributed by atoms with Crippen molar-refractivity contribution in [3.05, 3.63) is 75.6 Å². The Kier molecular flexibility index (Phi) is 6.16. The maximum Gasteiger partial charge on any atom is 0.310 e. The van der Waals surface area contributed by atoms with E-state index in [4.69, 9.17) is 27.9 Å². The first-order valence-electron chi connectivity index (χ1n) is 8.77. The number of carbonyl (C=O) groups excluding carboxylic acids is 1. The third-order valence-corrected chi connectivity index (χ3v) is 5.87. The molecule has 0 spiro atoms. The predicted molar refractivity (Wildman–Crippen MR) is 102 cm³/mol. The van der Waals surface area contributed by atoms with Gasteiger partial charge in [0, 0.05) is 10.1 Å². The van der Waals surface area contributed by atoms with Gasteiger partial charge in [0.15, 0.2) is 23.3 Å². The third-order valence-electron chi connectivity index (χ3n) is 5.27. The predicted octanol–water partition coefficient (Wildman–Crippen LogP) is 6.63. The van der Waals surface area contributed by atoms with Crippen LogP contribution in [-0.2, 0) is 16.1 Å². The lowest BCUT2D eigenvalue weighted by Crippen LogP contribution is -2.14. The minimum atomic E-state index is -2.27. The van der Waals surface area contributed by atoms with Crippen molar-refractivity contribution in [3.8, 4) is 0 Å². The Bertz CT molecular complexity index is 1010. The fourth-order valence-electron chi connectivity index (χ4n) is 3.31. The van der Waals surface area contributed by atoms with Gasteiger partial charge in [-0.3, -0.25) is 4.79 Å². The molecule has 0 heterocycles. The van der Waals surface area contributed by atoms with Crippen LogP contribution in [0.4, 0.5) is 22.0 Å². The van der Waals surface area contributed by atoms with Gasteiger partial charge in [0.2, 0.25) is 5.82 Å². The van der Waals surface area contributed by atoms with E-state index >= 15 is 0 Å². The molecule has 2 aromatic carbocycles. The second-order valence-electron chi connectivity index (χ2n) is 7.50. The molecule has 0 bridgehead atoms. The van der Waals surface area contributed by atoms with Gasteiger partial charge in [-0.05, 0) is 29.0 Å². The van der Waals surface area contributed by atoms with Gasteiger partial charge in [0.1, 0.15) is 6.61 Å². The number of rotatable bonds is 5. The SMILES string of the molecule is CC1(C)C(C=C(Cl)c2ccc(Cl)cc2)C1C(=O)OCc1c(F)c(F)c(F)c(F)c1F. The monoisotopic (exact) mass is 464 g/mol. The number of allylic oxidation sites excluding steroid dienone is 1. The third kappa shape index (κ3) is 4.05. The molecule has 2 aromatic rings. The second kappa shape index (κ2) is 8.19.